The summed E-state index contributed by atoms with van der Waals surface area (Å²) in [6, 6.07) is 6.11. The number of hydrogen-bond acceptors (Lipinski definition) is 2. The van der Waals surface area contributed by atoms with E-state index >= 15 is 0 Å². The minimum absolute atomic E-state index is 0.109. The average molecular weight is 340 g/mol. The van der Waals surface area contributed by atoms with Crippen molar-refractivity contribution in [2.45, 2.75) is 51.5 Å². The third-order valence-corrected chi connectivity index (χ3v) is 4.42. The number of ether oxygens (including phenoxy) is 1. The molecule has 110 valence electrons. The average Bonchev–Trinajstić information content (AvgIpc) is 2.80. The molecule has 0 saturated carbocycles. The Bertz CT molecular complexity index is 489. The number of benzene rings is 1. The first-order valence-corrected chi connectivity index (χ1v) is 8.10. The largest absolute Gasteiger partial charge is 0.493 e. The first-order valence-electron chi connectivity index (χ1n) is 7.31. The van der Waals surface area contributed by atoms with Gasteiger partial charge in [0.15, 0.2) is 0 Å². The van der Waals surface area contributed by atoms with Gasteiger partial charge in [-0.15, -0.1) is 0 Å². The molecule has 1 aliphatic rings. The lowest BCUT2D eigenvalue weighted by Gasteiger charge is -2.28. The molecule has 1 fully saturated rings. The van der Waals surface area contributed by atoms with E-state index in [9.17, 15) is 4.79 Å². The van der Waals surface area contributed by atoms with Crippen LogP contribution in [0.2, 0.25) is 0 Å². The van der Waals surface area contributed by atoms with Crippen LogP contribution in [0.4, 0.5) is 0 Å². The van der Waals surface area contributed by atoms with E-state index in [-0.39, 0.29) is 11.4 Å². The standard InChI is InChI=1S/C16H22BrNO2/c1-3-9-20-14-6-5-13(17)10-12(14)11-16(4-2)8-7-15(19)18-16/h5-6,10H,3-4,7-9,11H2,1-2H3,(H,18,19). The second-order valence-electron chi connectivity index (χ2n) is 5.46. The molecule has 1 aliphatic heterocycles. The topological polar surface area (TPSA) is 38.3 Å². The quantitative estimate of drug-likeness (QED) is 0.854. The second kappa shape index (κ2) is 6.61. The van der Waals surface area contributed by atoms with Gasteiger partial charge in [0, 0.05) is 16.4 Å². The molecule has 0 bridgehead atoms. The van der Waals surface area contributed by atoms with Crippen molar-refractivity contribution in [3.8, 4) is 5.75 Å². The third kappa shape index (κ3) is 3.54. The zero-order valence-electron chi connectivity index (χ0n) is 12.2. The van der Waals surface area contributed by atoms with Crippen molar-refractivity contribution in [3.63, 3.8) is 0 Å². The predicted octanol–water partition coefficient (Wildman–Crippen LogP) is 3.84. The first kappa shape index (κ1) is 15.4. The van der Waals surface area contributed by atoms with Crippen molar-refractivity contribution in [3.05, 3.63) is 28.2 Å². The number of carbonyl (C=O) groups excluding carboxylic acids is 1. The van der Waals surface area contributed by atoms with Gasteiger partial charge < -0.3 is 10.1 Å². The van der Waals surface area contributed by atoms with Gasteiger partial charge in [-0.2, -0.15) is 0 Å². The maximum absolute atomic E-state index is 11.6. The van der Waals surface area contributed by atoms with Crippen LogP contribution in [0, 0.1) is 0 Å². The minimum Gasteiger partial charge on any atom is -0.493 e. The molecule has 1 N–H and O–H groups in total. The highest BCUT2D eigenvalue weighted by Crippen LogP contribution is 2.33. The molecule has 0 radical (unpaired) electrons. The summed E-state index contributed by atoms with van der Waals surface area (Å²) >= 11 is 3.52. The van der Waals surface area contributed by atoms with Crippen LogP contribution in [0.3, 0.4) is 0 Å². The Hall–Kier alpha value is -1.03. The van der Waals surface area contributed by atoms with Gasteiger partial charge in [-0.25, -0.2) is 0 Å². The number of rotatable bonds is 6. The lowest BCUT2D eigenvalue weighted by molar-refractivity contribution is -0.119. The highest BCUT2D eigenvalue weighted by molar-refractivity contribution is 9.10. The molecule has 1 aromatic carbocycles. The summed E-state index contributed by atoms with van der Waals surface area (Å²) in [6.07, 6.45) is 4.30. The molecule has 1 saturated heterocycles. The molecule has 1 amide bonds. The van der Waals surface area contributed by atoms with Crippen LogP contribution in [-0.2, 0) is 11.2 Å². The SMILES string of the molecule is CCCOc1ccc(Br)cc1CC1(CC)CCC(=O)N1. The lowest BCUT2D eigenvalue weighted by Crippen LogP contribution is -2.43. The van der Waals surface area contributed by atoms with Crippen LogP contribution < -0.4 is 10.1 Å². The minimum atomic E-state index is -0.109. The number of carbonyl (C=O) groups is 1. The van der Waals surface area contributed by atoms with E-state index in [1.165, 1.54) is 0 Å². The monoisotopic (exact) mass is 339 g/mol. The van der Waals surface area contributed by atoms with Crippen LogP contribution >= 0.6 is 15.9 Å². The summed E-state index contributed by atoms with van der Waals surface area (Å²) in [7, 11) is 0. The summed E-state index contributed by atoms with van der Waals surface area (Å²) in [4.78, 5) is 11.6. The van der Waals surface area contributed by atoms with Crippen LogP contribution in [0.1, 0.15) is 45.1 Å². The Balaban J connectivity index is 2.22. The lowest BCUT2D eigenvalue weighted by atomic mass is 9.86. The van der Waals surface area contributed by atoms with Crippen LogP contribution in [0.15, 0.2) is 22.7 Å². The number of amides is 1. The zero-order valence-corrected chi connectivity index (χ0v) is 13.8. The smallest absolute Gasteiger partial charge is 0.220 e. The number of hydrogen-bond donors (Lipinski definition) is 1. The van der Waals surface area contributed by atoms with Gasteiger partial charge in [0.25, 0.3) is 0 Å². The highest BCUT2D eigenvalue weighted by Gasteiger charge is 2.36. The van der Waals surface area contributed by atoms with Crippen molar-refractivity contribution in [2.75, 3.05) is 6.61 Å². The van der Waals surface area contributed by atoms with Crippen LogP contribution in [0.25, 0.3) is 0 Å². The van der Waals surface area contributed by atoms with E-state index in [0.717, 1.165) is 48.1 Å². The van der Waals surface area contributed by atoms with Gasteiger partial charge in [0.05, 0.1) is 6.61 Å². The molecule has 4 heteroatoms. The number of nitrogens with one attached hydrogen (secondary N) is 1. The van der Waals surface area contributed by atoms with Gasteiger partial charge in [-0.3, -0.25) is 4.79 Å². The first-order chi connectivity index (χ1) is 9.58. The molecule has 1 unspecified atom stereocenters. The molecule has 3 nitrogen and oxygen atoms in total. The van der Waals surface area contributed by atoms with Crippen molar-refractivity contribution in [2.24, 2.45) is 0 Å². The normalized spacial score (nSPS) is 21.9. The predicted molar refractivity (Wildman–Crippen MR) is 84.0 cm³/mol. The number of halogens is 1. The molecule has 1 heterocycles. The zero-order chi connectivity index (χ0) is 14.6. The Morgan fingerprint density at radius 3 is 2.80 bits per heavy atom. The third-order valence-electron chi connectivity index (χ3n) is 3.93. The maximum atomic E-state index is 11.6. The van der Waals surface area contributed by atoms with Crippen LogP contribution in [0.5, 0.6) is 5.75 Å². The van der Waals surface area contributed by atoms with Crippen molar-refractivity contribution < 1.29 is 9.53 Å². The van der Waals surface area contributed by atoms with Crippen molar-refractivity contribution >= 4 is 21.8 Å². The van der Waals surface area contributed by atoms with E-state index in [2.05, 4.69) is 41.2 Å². The second-order valence-corrected chi connectivity index (χ2v) is 6.38. The molecular formula is C16H22BrNO2. The summed E-state index contributed by atoms with van der Waals surface area (Å²) < 4.78 is 6.88. The fraction of sp³-hybridized carbons (Fsp3) is 0.562. The summed E-state index contributed by atoms with van der Waals surface area (Å²) in [5.41, 5.74) is 1.05. The Kier molecular flexibility index (Phi) is 5.08. The van der Waals surface area contributed by atoms with Gasteiger partial charge in [-0.05, 0) is 49.4 Å². The Morgan fingerprint density at radius 2 is 2.20 bits per heavy atom. The van der Waals surface area contributed by atoms with E-state index < -0.39 is 0 Å². The van der Waals surface area contributed by atoms with Gasteiger partial charge in [0.2, 0.25) is 5.91 Å². The van der Waals surface area contributed by atoms with Gasteiger partial charge in [0.1, 0.15) is 5.75 Å². The molecule has 20 heavy (non-hydrogen) atoms. The van der Waals surface area contributed by atoms with E-state index in [1.54, 1.807) is 0 Å². The fourth-order valence-corrected chi connectivity index (χ4v) is 3.11. The van der Waals surface area contributed by atoms with Crippen molar-refractivity contribution in [1.82, 2.24) is 5.32 Å². The Morgan fingerprint density at radius 1 is 1.40 bits per heavy atom. The van der Waals surface area contributed by atoms with E-state index in [1.807, 2.05) is 12.1 Å². The molecule has 0 aliphatic carbocycles. The summed E-state index contributed by atoms with van der Waals surface area (Å²) in [5, 5.41) is 3.16. The van der Waals surface area contributed by atoms with Gasteiger partial charge in [-0.1, -0.05) is 29.8 Å². The summed E-state index contributed by atoms with van der Waals surface area (Å²) in [6.45, 7) is 4.96. The molecule has 2 rings (SSSR count). The molecule has 1 atom stereocenters. The molecular weight excluding hydrogens is 318 g/mol. The molecule has 1 aromatic rings. The maximum Gasteiger partial charge on any atom is 0.220 e. The van der Waals surface area contributed by atoms with E-state index in [4.69, 9.17) is 4.74 Å². The Labute approximate surface area is 129 Å². The van der Waals surface area contributed by atoms with Gasteiger partial charge >= 0.3 is 0 Å². The summed E-state index contributed by atoms with van der Waals surface area (Å²) in [5.74, 6) is 1.10. The van der Waals surface area contributed by atoms with Crippen molar-refractivity contribution in [1.29, 1.82) is 0 Å². The molecule has 0 aromatic heterocycles. The highest BCUT2D eigenvalue weighted by atomic mass is 79.9. The van der Waals surface area contributed by atoms with Crippen LogP contribution in [-0.4, -0.2) is 18.1 Å². The fourth-order valence-electron chi connectivity index (χ4n) is 2.70. The molecule has 0 spiro atoms. The van der Waals surface area contributed by atoms with E-state index in [0.29, 0.717) is 6.42 Å².